The minimum Gasteiger partial charge on any atom is -0.417 e. The zero-order chi connectivity index (χ0) is 13.5. The Kier molecular flexibility index (Phi) is 7.61. The largest absolute Gasteiger partial charge is 0.417 e. The van der Waals surface area contributed by atoms with Crippen LogP contribution in [0.1, 0.15) is 59.8 Å². The predicted molar refractivity (Wildman–Crippen MR) is 77.9 cm³/mol. The van der Waals surface area contributed by atoms with Crippen molar-refractivity contribution in [3.63, 3.8) is 0 Å². The third-order valence-corrected chi connectivity index (χ3v) is 8.32. The van der Waals surface area contributed by atoms with Crippen molar-refractivity contribution in [1.82, 2.24) is 0 Å². The van der Waals surface area contributed by atoms with Gasteiger partial charge in [0.1, 0.15) is 0 Å². The third-order valence-electron chi connectivity index (χ3n) is 3.79. The summed E-state index contributed by atoms with van der Waals surface area (Å²) in [5.74, 6) is 0. The van der Waals surface area contributed by atoms with Crippen LogP contribution >= 0.6 is 0 Å². The molecule has 0 aromatic carbocycles. The smallest absolute Gasteiger partial charge is 0.191 e. The van der Waals surface area contributed by atoms with Gasteiger partial charge in [-0.25, -0.2) is 0 Å². The van der Waals surface area contributed by atoms with E-state index in [9.17, 15) is 0 Å². The molecule has 0 aliphatic carbocycles. The lowest BCUT2D eigenvalue weighted by atomic mass is 10.1. The van der Waals surface area contributed by atoms with Gasteiger partial charge in [-0.1, -0.05) is 40.0 Å². The summed E-state index contributed by atoms with van der Waals surface area (Å²) in [6, 6.07) is 0. The SMILES string of the molecule is CC(O)CCCCCCO[Si](C)(C)C(C)(C)C. The molecule has 0 aromatic heterocycles. The molecular formula is C14H32O2Si. The standard InChI is InChI=1S/C14H32O2Si/c1-13(15)11-9-7-8-10-12-16-17(5,6)14(2,3)4/h13,15H,7-12H2,1-6H3. The summed E-state index contributed by atoms with van der Waals surface area (Å²) in [4.78, 5) is 0. The summed E-state index contributed by atoms with van der Waals surface area (Å²) in [6.45, 7) is 14.2. The van der Waals surface area contributed by atoms with E-state index in [2.05, 4.69) is 33.9 Å². The average Bonchev–Trinajstić information content (AvgIpc) is 2.13. The van der Waals surface area contributed by atoms with E-state index < -0.39 is 8.32 Å². The predicted octanol–water partition coefficient (Wildman–Crippen LogP) is 4.34. The van der Waals surface area contributed by atoms with Crippen LogP contribution in [-0.2, 0) is 4.43 Å². The van der Waals surface area contributed by atoms with Gasteiger partial charge in [-0.05, 0) is 37.9 Å². The van der Waals surface area contributed by atoms with Crippen molar-refractivity contribution in [2.24, 2.45) is 0 Å². The summed E-state index contributed by atoms with van der Waals surface area (Å²) in [5.41, 5.74) is 0. The van der Waals surface area contributed by atoms with Gasteiger partial charge in [0.2, 0.25) is 0 Å². The van der Waals surface area contributed by atoms with Crippen LogP contribution in [-0.4, -0.2) is 26.1 Å². The molecule has 0 spiro atoms. The summed E-state index contributed by atoms with van der Waals surface area (Å²) in [5, 5.41) is 9.45. The highest BCUT2D eigenvalue weighted by atomic mass is 28.4. The van der Waals surface area contributed by atoms with Crippen LogP contribution in [0, 0.1) is 0 Å². The fourth-order valence-corrected chi connectivity index (χ4v) is 2.53. The van der Waals surface area contributed by atoms with E-state index in [4.69, 9.17) is 9.53 Å². The second kappa shape index (κ2) is 7.55. The van der Waals surface area contributed by atoms with Gasteiger partial charge in [0.25, 0.3) is 0 Å². The average molecular weight is 260 g/mol. The molecule has 1 atom stereocenters. The molecule has 3 heteroatoms. The van der Waals surface area contributed by atoms with E-state index in [0.717, 1.165) is 25.9 Å². The van der Waals surface area contributed by atoms with Crippen molar-refractivity contribution in [2.45, 2.75) is 84.0 Å². The zero-order valence-electron chi connectivity index (χ0n) is 12.7. The molecule has 1 unspecified atom stereocenters. The second-order valence-electron chi connectivity index (χ2n) is 6.66. The third kappa shape index (κ3) is 7.95. The molecule has 0 heterocycles. The van der Waals surface area contributed by atoms with E-state index in [1.165, 1.54) is 12.8 Å². The number of aliphatic hydroxyl groups excluding tert-OH is 1. The Balaban J connectivity index is 3.52. The van der Waals surface area contributed by atoms with Gasteiger partial charge < -0.3 is 9.53 Å². The normalized spacial score (nSPS) is 15.0. The number of unbranched alkanes of at least 4 members (excludes halogenated alkanes) is 3. The van der Waals surface area contributed by atoms with Gasteiger partial charge in [-0.15, -0.1) is 0 Å². The van der Waals surface area contributed by atoms with Crippen molar-refractivity contribution < 1.29 is 9.53 Å². The Bertz CT molecular complexity index is 195. The fraction of sp³-hybridized carbons (Fsp3) is 1.00. The molecule has 0 aliphatic rings. The van der Waals surface area contributed by atoms with Crippen molar-refractivity contribution in [1.29, 1.82) is 0 Å². The molecule has 0 bridgehead atoms. The van der Waals surface area contributed by atoms with Gasteiger partial charge in [-0.2, -0.15) is 0 Å². The van der Waals surface area contributed by atoms with E-state index in [1.54, 1.807) is 0 Å². The molecule has 1 N–H and O–H groups in total. The summed E-state index contributed by atoms with van der Waals surface area (Å²) in [6.07, 6.45) is 5.53. The number of aliphatic hydroxyl groups is 1. The molecule has 0 aliphatic heterocycles. The maximum absolute atomic E-state index is 9.13. The molecular weight excluding hydrogens is 228 g/mol. The number of hydrogen-bond acceptors (Lipinski definition) is 2. The Morgan fingerprint density at radius 1 is 1.06 bits per heavy atom. The monoisotopic (exact) mass is 260 g/mol. The second-order valence-corrected chi connectivity index (χ2v) is 11.5. The maximum atomic E-state index is 9.13. The van der Waals surface area contributed by atoms with Crippen molar-refractivity contribution in [3.8, 4) is 0 Å². The minimum atomic E-state index is -1.53. The van der Waals surface area contributed by atoms with Crippen molar-refractivity contribution >= 4 is 8.32 Å². The lowest BCUT2D eigenvalue weighted by Crippen LogP contribution is -2.40. The van der Waals surface area contributed by atoms with Gasteiger partial charge in [0, 0.05) is 6.61 Å². The topological polar surface area (TPSA) is 29.5 Å². The molecule has 0 saturated heterocycles. The van der Waals surface area contributed by atoms with E-state index in [1.807, 2.05) is 6.92 Å². The molecule has 0 aromatic rings. The maximum Gasteiger partial charge on any atom is 0.191 e. The minimum absolute atomic E-state index is 0.140. The van der Waals surface area contributed by atoms with Crippen LogP contribution in [0.25, 0.3) is 0 Å². The van der Waals surface area contributed by atoms with Gasteiger partial charge >= 0.3 is 0 Å². The molecule has 0 rings (SSSR count). The quantitative estimate of drug-likeness (QED) is 0.519. The first-order valence-electron chi connectivity index (χ1n) is 6.99. The molecule has 0 radical (unpaired) electrons. The van der Waals surface area contributed by atoms with Crippen molar-refractivity contribution in [2.75, 3.05) is 6.61 Å². The Labute approximate surface area is 109 Å². The molecule has 0 amide bonds. The van der Waals surface area contributed by atoms with Crippen molar-refractivity contribution in [3.05, 3.63) is 0 Å². The first kappa shape index (κ1) is 17.1. The van der Waals surface area contributed by atoms with Crippen LogP contribution in [0.4, 0.5) is 0 Å². The van der Waals surface area contributed by atoms with Crippen LogP contribution < -0.4 is 0 Å². The van der Waals surface area contributed by atoms with Crippen LogP contribution in [0.5, 0.6) is 0 Å². The number of hydrogen-bond donors (Lipinski definition) is 1. The van der Waals surface area contributed by atoms with Crippen LogP contribution in [0.3, 0.4) is 0 Å². The van der Waals surface area contributed by atoms with Gasteiger partial charge in [0.05, 0.1) is 6.10 Å². The van der Waals surface area contributed by atoms with E-state index >= 15 is 0 Å². The highest BCUT2D eigenvalue weighted by Gasteiger charge is 2.36. The molecule has 2 nitrogen and oxygen atoms in total. The summed E-state index contributed by atoms with van der Waals surface area (Å²) in [7, 11) is -1.53. The van der Waals surface area contributed by atoms with Crippen LogP contribution in [0.2, 0.25) is 18.1 Å². The zero-order valence-corrected chi connectivity index (χ0v) is 13.7. The van der Waals surface area contributed by atoms with Gasteiger partial charge in [-0.3, -0.25) is 0 Å². The first-order valence-corrected chi connectivity index (χ1v) is 9.89. The van der Waals surface area contributed by atoms with Gasteiger partial charge in [0.15, 0.2) is 8.32 Å². The Hall–Kier alpha value is 0.137. The molecule has 0 fully saturated rings. The Morgan fingerprint density at radius 3 is 2.06 bits per heavy atom. The molecule has 17 heavy (non-hydrogen) atoms. The Morgan fingerprint density at radius 2 is 1.59 bits per heavy atom. The highest BCUT2D eigenvalue weighted by Crippen LogP contribution is 2.36. The lowest BCUT2D eigenvalue weighted by molar-refractivity contribution is 0.180. The highest BCUT2D eigenvalue weighted by molar-refractivity contribution is 6.74. The summed E-state index contributed by atoms with van der Waals surface area (Å²) < 4.78 is 6.11. The summed E-state index contributed by atoms with van der Waals surface area (Å²) >= 11 is 0. The van der Waals surface area contributed by atoms with E-state index in [0.29, 0.717) is 5.04 Å². The molecule has 104 valence electrons. The first-order chi connectivity index (χ1) is 7.67. The number of rotatable bonds is 8. The van der Waals surface area contributed by atoms with E-state index in [-0.39, 0.29) is 6.10 Å². The molecule has 0 saturated carbocycles. The fourth-order valence-electron chi connectivity index (χ4n) is 1.44. The van der Waals surface area contributed by atoms with Crippen LogP contribution in [0.15, 0.2) is 0 Å². The lowest BCUT2D eigenvalue weighted by Gasteiger charge is -2.36.